The van der Waals surface area contributed by atoms with Gasteiger partial charge in [-0.25, -0.2) is 13.1 Å². The van der Waals surface area contributed by atoms with Crippen LogP contribution in [0.3, 0.4) is 0 Å². The van der Waals surface area contributed by atoms with Crippen LogP contribution < -0.4 is 14.8 Å². The van der Waals surface area contributed by atoms with Gasteiger partial charge < -0.3 is 20.3 Å². The van der Waals surface area contributed by atoms with Crippen LogP contribution in [0, 0.1) is 0 Å². The molecule has 2 aromatic rings. The number of sulfonamides is 1. The first-order valence-corrected chi connectivity index (χ1v) is 14.6. The Bertz CT molecular complexity index is 1340. The summed E-state index contributed by atoms with van der Waals surface area (Å²) in [6, 6.07) is 3.05. The predicted octanol–water partition coefficient (Wildman–Crippen LogP) is 3.79. The summed E-state index contributed by atoms with van der Waals surface area (Å²) in [5.74, 6) is -1.45. The fourth-order valence-corrected chi connectivity index (χ4v) is 4.79. The highest BCUT2D eigenvalue weighted by Gasteiger charge is 2.40. The largest absolute Gasteiger partial charge is 0.434 e. The van der Waals surface area contributed by atoms with Crippen LogP contribution in [-0.2, 0) is 22.2 Å². The van der Waals surface area contributed by atoms with Crippen molar-refractivity contribution < 1.29 is 50.1 Å². The van der Waals surface area contributed by atoms with Crippen molar-refractivity contribution >= 4 is 27.5 Å². The lowest BCUT2D eigenvalue weighted by atomic mass is 9.90. The van der Waals surface area contributed by atoms with Gasteiger partial charge in [0.2, 0.25) is 10.0 Å². The SMILES string of the molecule is CCn1nc(C(=O)NC[C@](O)(CC)CCNS(C)(=O)=O)c(Cl)c1-c1ccc([C@](C)(O)CC(F)(F)F)cc1OC(F)F. The van der Waals surface area contributed by atoms with Crippen LogP contribution in [0.2, 0.25) is 5.02 Å². The Balaban J connectivity index is 2.44. The number of hydrogen-bond donors (Lipinski definition) is 4. The molecule has 2 rings (SSSR count). The molecule has 0 aliphatic rings. The molecule has 1 amide bonds. The van der Waals surface area contributed by atoms with Gasteiger partial charge in [-0.15, -0.1) is 0 Å². The smallest absolute Gasteiger partial charge is 0.392 e. The summed E-state index contributed by atoms with van der Waals surface area (Å²) >= 11 is 6.46. The first-order chi connectivity index (χ1) is 18.7. The molecule has 0 saturated carbocycles. The first-order valence-electron chi connectivity index (χ1n) is 12.3. The summed E-state index contributed by atoms with van der Waals surface area (Å²) in [5.41, 5.74) is -4.84. The fourth-order valence-electron chi connectivity index (χ4n) is 4.00. The number of alkyl halides is 5. The minimum Gasteiger partial charge on any atom is -0.434 e. The van der Waals surface area contributed by atoms with E-state index in [1.165, 1.54) is 4.68 Å². The molecule has 10 nitrogen and oxygen atoms in total. The molecule has 17 heteroatoms. The monoisotopic (exact) mass is 634 g/mol. The second-order valence-electron chi connectivity index (χ2n) is 9.66. The van der Waals surface area contributed by atoms with E-state index in [1.54, 1.807) is 13.8 Å². The number of aliphatic hydroxyl groups is 2. The Hall–Kier alpha value is -2.53. The number of carbonyl (C=O) groups is 1. The third kappa shape index (κ3) is 9.77. The minimum atomic E-state index is -4.76. The van der Waals surface area contributed by atoms with E-state index < -0.39 is 52.1 Å². The third-order valence-corrected chi connectivity index (χ3v) is 7.31. The quantitative estimate of drug-likeness (QED) is 0.232. The molecule has 1 heterocycles. The summed E-state index contributed by atoms with van der Waals surface area (Å²) in [4.78, 5) is 13.0. The van der Waals surface area contributed by atoms with Crippen LogP contribution >= 0.6 is 11.6 Å². The van der Waals surface area contributed by atoms with E-state index in [2.05, 4.69) is 19.9 Å². The third-order valence-electron chi connectivity index (χ3n) is 6.22. The number of rotatable bonds is 14. The van der Waals surface area contributed by atoms with Crippen LogP contribution in [-0.4, -0.2) is 72.1 Å². The van der Waals surface area contributed by atoms with Crippen molar-refractivity contribution in [3.05, 3.63) is 34.5 Å². The lowest BCUT2D eigenvalue weighted by Gasteiger charge is -2.27. The van der Waals surface area contributed by atoms with E-state index in [9.17, 15) is 45.4 Å². The molecule has 41 heavy (non-hydrogen) atoms. The molecule has 1 aromatic carbocycles. The van der Waals surface area contributed by atoms with Crippen molar-refractivity contribution in [1.29, 1.82) is 0 Å². The normalized spacial score (nSPS) is 15.4. The van der Waals surface area contributed by atoms with Crippen molar-refractivity contribution in [2.24, 2.45) is 0 Å². The molecular formula is C24H32ClF5N4O6S. The molecule has 0 spiro atoms. The summed E-state index contributed by atoms with van der Waals surface area (Å²) in [6.45, 7) is 0.412. The molecule has 0 radical (unpaired) electrons. The van der Waals surface area contributed by atoms with Gasteiger partial charge in [-0.2, -0.15) is 27.1 Å². The van der Waals surface area contributed by atoms with Crippen LogP contribution in [0.25, 0.3) is 11.3 Å². The standard InChI is InChI=1S/C24H32ClF5N4O6S/c1-5-23(37,9-10-32-41(4,38)39)13-31-20(35)18-17(25)19(34(6-2)33-18)15-8-7-14(11-16(15)40-21(26)27)22(3,36)12-24(28,29)30/h7-8,11,21,32,36-37H,5-6,9-10,12-13H2,1-4H3,(H,31,35)/t22-,23+/m1/s1. The second kappa shape index (κ2) is 13.2. The summed E-state index contributed by atoms with van der Waals surface area (Å²) in [5, 5.41) is 27.5. The zero-order valence-corrected chi connectivity index (χ0v) is 24.2. The molecule has 0 aliphatic carbocycles. The Labute approximate surface area is 238 Å². The van der Waals surface area contributed by atoms with Gasteiger partial charge in [-0.05, 0) is 44.4 Å². The van der Waals surface area contributed by atoms with Crippen LogP contribution in [0.4, 0.5) is 22.0 Å². The average Bonchev–Trinajstić information content (AvgIpc) is 3.16. The molecule has 4 N–H and O–H groups in total. The minimum absolute atomic E-state index is 0.0297. The topological polar surface area (TPSA) is 143 Å². The Morgan fingerprint density at radius 3 is 2.37 bits per heavy atom. The highest BCUT2D eigenvalue weighted by molar-refractivity contribution is 7.88. The Kier molecular flexibility index (Phi) is 11.2. The van der Waals surface area contributed by atoms with Gasteiger partial charge in [0.05, 0.1) is 34.6 Å². The molecule has 232 valence electrons. The lowest BCUT2D eigenvalue weighted by molar-refractivity contribution is -0.174. The maximum Gasteiger partial charge on any atom is 0.392 e. The molecule has 1 aromatic heterocycles. The lowest BCUT2D eigenvalue weighted by Crippen LogP contribution is -2.44. The molecule has 0 saturated heterocycles. The van der Waals surface area contributed by atoms with Gasteiger partial charge in [-0.1, -0.05) is 24.6 Å². The predicted molar refractivity (Wildman–Crippen MR) is 140 cm³/mol. The van der Waals surface area contributed by atoms with Crippen LogP contribution in [0.5, 0.6) is 5.75 Å². The number of nitrogens with one attached hydrogen (secondary N) is 2. The highest BCUT2D eigenvalue weighted by Crippen LogP contribution is 2.42. The van der Waals surface area contributed by atoms with E-state index in [-0.39, 0.29) is 60.0 Å². The van der Waals surface area contributed by atoms with Gasteiger partial charge in [0, 0.05) is 25.2 Å². The van der Waals surface area contributed by atoms with E-state index in [0.29, 0.717) is 0 Å². The molecule has 0 unspecified atom stereocenters. The number of amides is 1. The van der Waals surface area contributed by atoms with Crippen molar-refractivity contribution in [3.8, 4) is 17.0 Å². The fraction of sp³-hybridized carbons (Fsp3) is 0.583. The van der Waals surface area contributed by atoms with E-state index in [4.69, 9.17) is 11.6 Å². The maximum absolute atomic E-state index is 13.3. The Morgan fingerprint density at radius 2 is 1.85 bits per heavy atom. The van der Waals surface area contributed by atoms with Crippen LogP contribution in [0.1, 0.15) is 56.1 Å². The van der Waals surface area contributed by atoms with Gasteiger partial charge in [0.1, 0.15) is 5.75 Å². The zero-order chi connectivity index (χ0) is 31.4. The Morgan fingerprint density at radius 1 is 1.22 bits per heavy atom. The van der Waals surface area contributed by atoms with E-state index in [1.807, 2.05) is 0 Å². The number of aryl methyl sites for hydroxylation is 1. The van der Waals surface area contributed by atoms with Crippen molar-refractivity contribution in [1.82, 2.24) is 19.8 Å². The molecule has 0 bridgehead atoms. The first kappa shape index (κ1) is 34.7. The summed E-state index contributed by atoms with van der Waals surface area (Å²) in [7, 11) is -3.50. The van der Waals surface area contributed by atoms with Crippen LogP contribution in [0.15, 0.2) is 18.2 Å². The molecule has 2 atom stereocenters. The molecule has 0 fully saturated rings. The zero-order valence-electron chi connectivity index (χ0n) is 22.6. The summed E-state index contributed by atoms with van der Waals surface area (Å²) in [6.07, 6.45) is -5.33. The molecule has 0 aliphatic heterocycles. The second-order valence-corrected chi connectivity index (χ2v) is 11.9. The number of benzene rings is 1. The van der Waals surface area contributed by atoms with Gasteiger partial charge in [-0.3, -0.25) is 9.48 Å². The van der Waals surface area contributed by atoms with E-state index >= 15 is 0 Å². The average molecular weight is 635 g/mol. The number of hydrogen-bond acceptors (Lipinski definition) is 7. The van der Waals surface area contributed by atoms with Gasteiger partial charge in [0.25, 0.3) is 5.91 Å². The van der Waals surface area contributed by atoms with Gasteiger partial charge >= 0.3 is 12.8 Å². The highest BCUT2D eigenvalue weighted by atomic mass is 35.5. The summed E-state index contributed by atoms with van der Waals surface area (Å²) < 4.78 is 96.0. The van der Waals surface area contributed by atoms with Crippen molar-refractivity contribution in [2.75, 3.05) is 19.3 Å². The van der Waals surface area contributed by atoms with Crippen molar-refractivity contribution in [3.63, 3.8) is 0 Å². The molecular weight excluding hydrogens is 603 g/mol. The van der Waals surface area contributed by atoms with Crippen molar-refractivity contribution in [2.45, 2.75) is 70.6 Å². The number of aromatic nitrogens is 2. The number of halogens is 6. The number of ether oxygens (including phenoxy) is 1. The maximum atomic E-state index is 13.3. The van der Waals surface area contributed by atoms with Gasteiger partial charge in [0.15, 0.2) is 5.69 Å². The van der Waals surface area contributed by atoms with E-state index in [0.717, 1.165) is 31.4 Å². The number of carbonyl (C=O) groups excluding carboxylic acids is 1. The number of nitrogens with zero attached hydrogens (tertiary/aromatic N) is 2.